The molecule has 0 amide bonds. The molecule has 0 saturated carbocycles. The molecule has 1 heterocycles. The Morgan fingerprint density at radius 2 is 2.10 bits per heavy atom. The van der Waals surface area contributed by atoms with Crippen molar-refractivity contribution in [3.8, 4) is 0 Å². The highest BCUT2D eigenvalue weighted by Crippen LogP contribution is 2.35. The first kappa shape index (κ1) is 16.5. The van der Waals surface area contributed by atoms with Crippen molar-refractivity contribution in [2.24, 2.45) is 0 Å². The molecule has 1 unspecified atom stereocenters. The largest absolute Gasteiger partial charge is 0.306 e. The van der Waals surface area contributed by atoms with Gasteiger partial charge in [-0.05, 0) is 82.5 Å². The lowest BCUT2D eigenvalue weighted by atomic mass is 10.0. The Balaban J connectivity index is 2.44. The fourth-order valence-corrected chi connectivity index (χ4v) is 4.50. The number of halogens is 2. The van der Waals surface area contributed by atoms with Gasteiger partial charge in [0.05, 0.1) is 6.04 Å². The van der Waals surface area contributed by atoms with Crippen LogP contribution in [0.2, 0.25) is 0 Å². The third-order valence-electron chi connectivity index (χ3n) is 3.29. The molecule has 20 heavy (non-hydrogen) atoms. The summed E-state index contributed by atoms with van der Waals surface area (Å²) in [5, 5.41) is 3.70. The summed E-state index contributed by atoms with van der Waals surface area (Å²) in [7, 11) is 0. The highest BCUT2D eigenvalue weighted by molar-refractivity contribution is 14.1. The minimum atomic E-state index is 0.289. The molecule has 0 fully saturated rings. The van der Waals surface area contributed by atoms with Gasteiger partial charge in [0, 0.05) is 17.8 Å². The summed E-state index contributed by atoms with van der Waals surface area (Å²) in [5.74, 6) is 0. The van der Waals surface area contributed by atoms with Gasteiger partial charge in [-0.25, -0.2) is 0 Å². The van der Waals surface area contributed by atoms with Crippen molar-refractivity contribution in [2.45, 2.75) is 33.2 Å². The van der Waals surface area contributed by atoms with Crippen LogP contribution in [0.1, 0.15) is 40.3 Å². The molecule has 1 aromatic carbocycles. The smallest absolute Gasteiger partial charge is 0.0681 e. The SMILES string of the molecule is CCCNC(c1cc(Br)c(C)s1)c1cccc(C)c1I. The third kappa shape index (κ3) is 3.64. The molecule has 108 valence electrons. The van der Waals surface area contributed by atoms with Crippen molar-refractivity contribution in [1.29, 1.82) is 0 Å². The average molecular weight is 464 g/mol. The molecule has 0 saturated heterocycles. The summed E-state index contributed by atoms with van der Waals surface area (Å²) in [6.45, 7) is 7.58. The summed E-state index contributed by atoms with van der Waals surface area (Å²) >= 11 is 7.98. The van der Waals surface area contributed by atoms with Crippen LogP contribution >= 0.6 is 49.9 Å². The first-order chi connectivity index (χ1) is 9.54. The maximum atomic E-state index is 3.70. The molecule has 1 aromatic heterocycles. The maximum absolute atomic E-state index is 3.70. The zero-order valence-electron chi connectivity index (χ0n) is 12.0. The van der Waals surface area contributed by atoms with Crippen LogP contribution in [0.25, 0.3) is 0 Å². The van der Waals surface area contributed by atoms with Gasteiger partial charge in [-0.15, -0.1) is 11.3 Å². The molecule has 2 rings (SSSR count). The quantitative estimate of drug-likeness (QED) is 0.550. The molecule has 0 aliphatic heterocycles. The molecular weight excluding hydrogens is 445 g/mol. The van der Waals surface area contributed by atoms with E-state index in [1.54, 1.807) is 0 Å². The molecular formula is C16H19BrINS. The number of nitrogens with one attached hydrogen (secondary N) is 1. The van der Waals surface area contributed by atoms with Crippen LogP contribution < -0.4 is 5.32 Å². The lowest BCUT2D eigenvalue weighted by Gasteiger charge is -2.20. The Hall–Kier alpha value is 0.0900. The van der Waals surface area contributed by atoms with Crippen LogP contribution in [0.4, 0.5) is 0 Å². The van der Waals surface area contributed by atoms with E-state index < -0.39 is 0 Å². The predicted molar refractivity (Wildman–Crippen MR) is 101 cm³/mol. The lowest BCUT2D eigenvalue weighted by Crippen LogP contribution is -2.23. The number of benzene rings is 1. The van der Waals surface area contributed by atoms with E-state index in [1.807, 2.05) is 11.3 Å². The van der Waals surface area contributed by atoms with Gasteiger partial charge in [0.2, 0.25) is 0 Å². The van der Waals surface area contributed by atoms with Gasteiger partial charge in [-0.3, -0.25) is 0 Å². The first-order valence-corrected chi connectivity index (χ1v) is 9.47. The summed E-state index contributed by atoms with van der Waals surface area (Å²) < 4.78 is 2.57. The molecule has 1 N–H and O–H groups in total. The van der Waals surface area contributed by atoms with Gasteiger partial charge < -0.3 is 5.32 Å². The number of hydrogen-bond donors (Lipinski definition) is 1. The van der Waals surface area contributed by atoms with Gasteiger partial charge in [0.1, 0.15) is 0 Å². The average Bonchev–Trinajstić information content (AvgIpc) is 2.74. The van der Waals surface area contributed by atoms with Crippen molar-refractivity contribution in [3.05, 3.63) is 53.2 Å². The summed E-state index contributed by atoms with van der Waals surface area (Å²) in [4.78, 5) is 2.72. The molecule has 0 bridgehead atoms. The van der Waals surface area contributed by atoms with E-state index in [0.29, 0.717) is 0 Å². The van der Waals surface area contributed by atoms with Gasteiger partial charge in [-0.1, -0.05) is 25.1 Å². The number of hydrogen-bond acceptors (Lipinski definition) is 2. The molecule has 4 heteroatoms. The zero-order chi connectivity index (χ0) is 14.7. The second-order valence-corrected chi connectivity index (χ2v) is 8.14. The Bertz CT molecular complexity index is 575. The van der Waals surface area contributed by atoms with Crippen LogP contribution in [0.15, 0.2) is 28.7 Å². The summed E-state index contributed by atoms with van der Waals surface area (Å²) in [6.07, 6.45) is 1.14. The fraction of sp³-hybridized carbons (Fsp3) is 0.375. The second-order valence-electron chi connectivity index (χ2n) is 4.92. The molecule has 1 atom stereocenters. The van der Waals surface area contributed by atoms with E-state index in [0.717, 1.165) is 13.0 Å². The van der Waals surface area contributed by atoms with Gasteiger partial charge in [0.15, 0.2) is 0 Å². The molecule has 0 spiro atoms. The molecule has 2 aromatic rings. The number of aryl methyl sites for hydroxylation is 2. The number of rotatable bonds is 5. The minimum Gasteiger partial charge on any atom is -0.306 e. The standard InChI is InChI=1S/C16H19BrINS/c1-4-8-19-16(14-9-13(17)11(3)20-14)12-7-5-6-10(2)15(12)18/h5-7,9,16,19H,4,8H2,1-3H3. The Morgan fingerprint density at radius 3 is 2.70 bits per heavy atom. The van der Waals surface area contributed by atoms with Crippen molar-refractivity contribution < 1.29 is 0 Å². The van der Waals surface area contributed by atoms with E-state index in [2.05, 4.69) is 88.9 Å². The Labute approximate surface area is 147 Å². The van der Waals surface area contributed by atoms with Crippen molar-refractivity contribution >= 4 is 49.9 Å². The minimum absolute atomic E-state index is 0.289. The Kier molecular flexibility index (Phi) is 6.08. The number of thiophene rings is 1. The van der Waals surface area contributed by atoms with E-state index in [-0.39, 0.29) is 6.04 Å². The van der Waals surface area contributed by atoms with Gasteiger partial charge >= 0.3 is 0 Å². The normalized spacial score (nSPS) is 12.7. The zero-order valence-corrected chi connectivity index (χ0v) is 16.5. The maximum Gasteiger partial charge on any atom is 0.0681 e. The van der Waals surface area contributed by atoms with Gasteiger partial charge in [-0.2, -0.15) is 0 Å². The topological polar surface area (TPSA) is 12.0 Å². The van der Waals surface area contributed by atoms with E-state index >= 15 is 0 Å². The monoisotopic (exact) mass is 463 g/mol. The van der Waals surface area contributed by atoms with Crippen LogP contribution in [-0.2, 0) is 0 Å². The lowest BCUT2D eigenvalue weighted by molar-refractivity contribution is 0.603. The van der Waals surface area contributed by atoms with Gasteiger partial charge in [0.25, 0.3) is 0 Å². The molecule has 0 radical (unpaired) electrons. The van der Waals surface area contributed by atoms with E-state index in [9.17, 15) is 0 Å². The van der Waals surface area contributed by atoms with Crippen LogP contribution in [0.5, 0.6) is 0 Å². The summed E-state index contributed by atoms with van der Waals surface area (Å²) in [6, 6.07) is 9.12. The molecule has 1 nitrogen and oxygen atoms in total. The molecule has 0 aliphatic rings. The van der Waals surface area contributed by atoms with Crippen molar-refractivity contribution in [2.75, 3.05) is 6.54 Å². The predicted octanol–water partition coefficient (Wildman–Crippen LogP) is 5.82. The first-order valence-electron chi connectivity index (χ1n) is 6.78. The van der Waals surface area contributed by atoms with Crippen molar-refractivity contribution in [1.82, 2.24) is 5.32 Å². The Morgan fingerprint density at radius 1 is 1.35 bits per heavy atom. The fourth-order valence-electron chi connectivity index (χ4n) is 2.17. The van der Waals surface area contributed by atoms with E-state index in [4.69, 9.17) is 0 Å². The highest BCUT2D eigenvalue weighted by Gasteiger charge is 2.19. The van der Waals surface area contributed by atoms with Crippen LogP contribution in [0.3, 0.4) is 0 Å². The van der Waals surface area contributed by atoms with Crippen molar-refractivity contribution in [3.63, 3.8) is 0 Å². The van der Waals surface area contributed by atoms with Crippen LogP contribution in [-0.4, -0.2) is 6.54 Å². The summed E-state index contributed by atoms with van der Waals surface area (Å²) in [5.41, 5.74) is 2.73. The third-order valence-corrected chi connectivity index (χ3v) is 6.97. The molecule has 0 aliphatic carbocycles. The van der Waals surface area contributed by atoms with E-state index in [1.165, 1.54) is 28.9 Å². The highest BCUT2D eigenvalue weighted by atomic mass is 127. The van der Waals surface area contributed by atoms with Crippen LogP contribution in [0, 0.1) is 17.4 Å². The second kappa shape index (κ2) is 7.38.